The molecule has 0 radical (unpaired) electrons. The molecule has 1 aromatic rings. The zero-order valence-electron chi connectivity index (χ0n) is 11.1. The highest BCUT2D eigenvalue weighted by atomic mass is 16.5. The molecule has 0 saturated carbocycles. The van der Waals surface area contributed by atoms with Crippen LogP contribution in [-0.4, -0.2) is 17.8 Å². The summed E-state index contributed by atoms with van der Waals surface area (Å²) in [7, 11) is 0. The summed E-state index contributed by atoms with van der Waals surface area (Å²) in [5, 5.41) is 9.96. The van der Waals surface area contributed by atoms with Crippen LogP contribution in [0.15, 0.2) is 24.3 Å². The molecule has 1 N–H and O–H groups in total. The molecule has 0 bridgehead atoms. The Morgan fingerprint density at radius 1 is 1.24 bits per heavy atom. The van der Waals surface area contributed by atoms with E-state index in [0.717, 1.165) is 18.6 Å². The highest BCUT2D eigenvalue weighted by Crippen LogP contribution is 2.17. The Morgan fingerprint density at radius 2 is 1.94 bits per heavy atom. The standard InChI is InChI=1S/C15H24O2/c1-4-13(5-2)15(16)9-10-17-14-8-6-7-12(3)11-14/h6-8,11,13,15-16H,4-5,9-10H2,1-3H3. The second-order valence-corrected chi connectivity index (χ2v) is 4.60. The number of hydrogen-bond donors (Lipinski definition) is 1. The van der Waals surface area contributed by atoms with Gasteiger partial charge >= 0.3 is 0 Å². The minimum Gasteiger partial charge on any atom is -0.493 e. The molecular formula is C15H24O2. The van der Waals surface area contributed by atoms with Gasteiger partial charge in [0.15, 0.2) is 0 Å². The van der Waals surface area contributed by atoms with Gasteiger partial charge in [0.2, 0.25) is 0 Å². The lowest BCUT2D eigenvalue weighted by atomic mass is 9.95. The van der Waals surface area contributed by atoms with Crippen molar-refractivity contribution in [1.29, 1.82) is 0 Å². The number of aryl methyl sites for hydroxylation is 1. The smallest absolute Gasteiger partial charge is 0.119 e. The monoisotopic (exact) mass is 236 g/mol. The van der Waals surface area contributed by atoms with Crippen LogP contribution in [0.2, 0.25) is 0 Å². The lowest BCUT2D eigenvalue weighted by Gasteiger charge is -2.20. The van der Waals surface area contributed by atoms with Crippen molar-refractivity contribution in [2.45, 2.75) is 46.1 Å². The Balaban J connectivity index is 2.32. The molecule has 1 rings (SSSR count). The molecule has 0 fully saturated rings. The number of aliphatic hydroxyl groups is 1. The second kappa shape index (κ2) is 7.33. The largest absolute Gasteiger partial charge is 0.493 e. The Bertz CT molecular complexity index is 318. The molecule has 0 aliphatic carbocycles. The Labute approximate surface area is 105 Å². The van der Waals surface area contributed by atoms with Crippen molar-refractivity contribution < 1.29 is 9.84 Å². The summed E-state index contributed by atoms with van der Waals surface area (Å²) in [6, 6.07) is 8.01. The number of aliphatic hydroxyl groups excluding tert-OH is 1. The minimum atomic E-state index is -0.241. The lowest BCUT2D eigenvalue weighted by Crippen LogP contribution is -2.21. The van der Waals surface area contributed by atoms with Crippen LogP contribution in [0, 0.1) is 12.8 Å². The van der Waals surface area contributed by atoms with Gasteiger partial charge in [-0.15, -0.1) is 0 Å². The third-order valence-electron chi connectivity index (χ3n) is 3.26. The molecule has 1 aromatic carbocycles. The van der Waals surface area contributed by atoms with Crippen LogP contribution in [-0.2, 0) is 0 Å². The Morgan fingerprint density at radius 3 is 2.53 bits per heavy atom. The molecule has 0 amide bonds. The summed E-state index contributed by atoms with van der Waals surface area (Å²) in [5.74, 6) is 1.29. The lowest BCUT2D eigenvalue weighted by molar-refractivity contribution is 0.0787. The zero-order valence-corrected chi connectivity index (χ0v) is 11.1. The molecule has 2 nitrogen and oxygen atoms in total. The maximum absolute atomic E-state index is 9.96. The first-order valence-corrected chi connectivity index (χ1v) is 6.54. The minimum absolute atomic E-state index is 0.241. The van der Waals surface area contributed by atoms with E-state index in [1.807, 2.05) is 31.2 Å². The fourth-order valence-electron chi connectivity index (χ4n) is 2.07. The Kier molecular flexibility index (Phi) is 6.06. The summed E-state index contributed by atoms with van der Waals surface area (Å²) < 4.78 is 5.64. The van der Waals surface area contributed by atoms with Crippen molar-refractivity contribution in [3.8, 4) is 5.75 Å². The van der Waals surface area contributed by atoms with Crippen LogP contribution in [0.5, 0.6) is 5.75 Å². The third-order valence-corrected chi connectivity index (χ3v) is 3.26. The van der Waals surface area contributed by atoms with Gasteiger partial charge in [-0.1, -0.05) is 38.8 Å². The van der Waals surface area contributed by atoms with Gasteiger partial charge in [-0.3, -0.25) is 0 Å². The third kappa shape index (κ3) is 4.78. The van der Waals surface area contributed by atoms with Gasteiger partial charge in [-0.05, 0) is 30.5 Å². The van der Waals surface area contributed by atoms with E-state index in [2.05, 4.69) is 13.8 Å². The van der Waals surface area contributed by atoms with Gasteiger partial charge in [0.05, 0.1) is 12.7 Å². The number of ether oxygens (including phenoxy) is 1. The quantitative estimate of drug-likeness (QED) is 0.784. The molecule has 1 unspecified atom stereocenters. The van der Waals surface area contributed by atoms with Crippen molar-refractivity contribution in [3.63, 3.8) is 0 Å². The van der Waals surface area contributed by atoms with Crippen molar-refractivity contribution >= 4 is 0 Å². The zero-order chi connectivity index (χ0) is 12.7. The molecule has 0 spiro atoms. The van der Waals surface area contributed by atoms with Crippen molar-refractivity contribution in [2.75, 3.05) is 6.61 Å². The van der Waals surface area contributed by atoms with E-state index >= 15 is 0 Å². The SMILES string of the molecule is CCC(CC)C(O)CCOc1cccc(C)c1. The van der Waals surface area contributed by atoms with E-state index in [1.54, 1.807) is 0 Å². The van der Waals surface area contributed by atoms with Crippen LogP contribution in [0.4, 0.5) is 0 Å². The van der Waals surface area contributed by atoms with Gasteiger partial charge < -0.3 is 9.84 Å². The van der Waals surface area contributed by atoms with E-state index in [0.29, 0.717) is 18.9 Å². The first kappa shape index (κ1) is 14.0. The molecular weight excluding hydrogens is 212 g/mol. The highest BCUT2D eigenvalue weighted by molar-refractivity contribution is 5.27. The number of benzene rings is 1. The molecule has 2 heteroatoms. The average Bonchev–Trinajstić information content (AvgIpc) is 2.30. The second-order valence-electron chi connectivity index (χ2n) is 4.60. The topological polar surface area (TPSA) is 29.5 Å². The maximum Gasteiger partial charge on any atom is 0.119 e. The van der Waals surface area contributed by atoms with E-state index in [1.165, 1.54) is 5.56 Å². The fourth-order valence-corrected chi connectivity index (χ4v) is 2.07. The average molecular weight is 236 g/mol. The maximum atomic E-state index is 9.96. The predicted molar refractivity (Wildman–Crippen MR) is 71.4 cm³/mol. The molecule has 1 atom stereocenters. The van der Waals surface area contributed by atoms with Crippen LogP contribution in [0.3, 0.4) is 0 Å². The van der Waals surface area contributed by atoms with Gasteiger partial charge in [0.25, 0.3) is 0 Å². The first-order valence-electron chi connectivity index (χ1n) is 6.54. The van der Waals surface area contributed by atoms with Gasteiger partial charge in [0.1, 0.15) is 5.75 Å². The molecule has 17 heavy (non-hydrogen) atoms. The first-order chi connectivity index (χ1) is 8.17. The van der Waals surface area contributed by atoms with Gasteiger partial charge in [-0.2, -0.15) is 0 Å². The van der Waals surface area contributed by atoms with Crippen molar-refractivity contribution in [1.82, 2.24) is 0 Å². The van der Waals surface area contributed by atoms with Crippen molar-refractivity contribution in [3.05, 3.63) is 29.8 Å². The normalized spacial score (nSPS) is 12.8. The summed E-state index contributed by atoms with van der Waals surface area (Å²) in [5.41, 5.74) is 1.20. The van der Waals surface area contributed by atoms with Crippen LogP contribution >= 0.6 is 0 Å². The summed E-state index contributed by atoms with van der Waals surface area (Å²) in [4.78, 5) is 0. The molecule has 0 aliphatic rings. The molecule has 0 aliphatic heterocycles. The molecule has 0 saturated heterocycles. The van der Waals surface area contributed by atoms with Gasteiger partial charge in [0, 0.05) is 6.42 Å². The van der Waals surface area contributed by atoms with Crippen LogP contribution in [0.25, 0.3) is 0 Å². The number of rotatable bonds is 7. The number of hydrogen-bond acceptors (Lipinski definition) is 2. The molecule has 96 valence electrons. The van der Waals surface area contributed by atoms with E-state index < -0.39 is 0 Å². The predicted octanol–water partition coefficient (Wildman–Crippen LogP) is 3.56. The Hall–Kier alpha value is -1.02. The fraction of sp³-hybridized carbons (Fsp3) is 0.600. The van der Waals surface area contributed by atoms with E-state index in [-0.39, 0.29) is 6.10 Å². The van der Waals surface area contributed by atoms with E-state index in [4.69, 9.17) is 4.74 Å². The van der Waals surface area contributed by atoms with Gasteiger partial charge in [-0.25, -0.2) is 0 Å². The molecule has 0 aromatic heterocycles. The summed E-state index contributed by atoms with van der Waals surface area (Å²) in [6.45, 7) is 6.88. The van der Waals surface area contributed by atoms with E-state index in [9.17, 15) is 5.11 Å². The molecule has 0 heterocycles. The van der Waals surface area contributed by atoms with Crippen LogP contribution < -0.4 is 4.74 Å². The summed E-state index contributed by atoms with van der Waals surface area (Å²) in [6.07, 6.45) is 2.53. The summed E-state index contributed by atoms with van der Waals surface area (Å²) >= 11 is 0. The van der Waals surface area contributed by atoms with Crippen molar-refractivity contribution in [2.24, 2.45) is 5.92 Å². The van der Waals surface area contributed by atoms with Crippen LogP contribution in [0.1, 0.15) is 38.7 Å². The highest BCUT2D eigenvalue weighted by Gasteiger charge is 2.15.